The van der Waals surface area contributed by atoms with Crippen molar-refractivity contribution >= 4 is 11.6 Å². The summed E-state index contributed by atoms with van der Waals surface area (Å²) < 4.78 is 16.6. The van der Waals surface area contributed by atoms with E-state index in [-0.39, 0.29) is 12.0 Å². The third-order valence-electron chi connectivity index (χ3n) is 4.85. The molecule has 0 unspecified atom stereocenters. The largest absolute Gasteiger partial charge is 0.493 e. The second-order valence-corrected chi connectivity index (χ2v) is 6.76. The third kappa shape index (κ3) is 5.16. The SMILES string of the molecule is COc1ccc(CCC(=O)Nc2ccccc2OC2CCCC2)cc1OC. The van der Waals surface area contributed by atoms with Gasteiger partial charge in [0.05, 0.1) is 26.0 Å². The van der Waals surface area contributed by atoms with Crippen molar-refractivity contribution < 1.29 is 19.0 Å². The Morgan fingerprint density at radius 3 is 2.48 bits per heavy atom. The summed E-state index contributed by atoms with van der Waals surface area (Å²) in [5, 5.41) is 2.99. The fraction of sp³-hybridized carbons (Fsp3) is 0.409. The lowest BCUT2D eigenvalue weighted by Crippen LogP contribution is -2.16. The summed E-state index contributed by atoms with van der Waals surface area (Å²) >= 11 is 0. The van der Waals surface area contributed by atoms with Crippen LogP contribution in [0.5, 0.6) is 17.2 Å². The van der Waals surface area contributed by atoms with Crippen molar-refractivity contribution in [3.63, 3.8) is 0 Å². The summed E-state index contributed by atoms with van der Waals surface area (Å²) in [6.45, 7) is 0. The quantitative estimate of drug-likeness (QED) is 0.739. The number of amides is 1. The molecule has 1 aliphatic rings. The van der Waals surface area contributed by atoms with Gasteiger partial charge in [0.25, 0.3) is 0 Å². The molecule has 0 atom stereocenters. The third-order valence-corrected chi connectivity index (χ3v) is 4.85. The second kappa shape index (κ2) is 9.31. The summed E-state index contributed by atoms with van der Waals surface area (Å²) in [6, 6.07) is 13.4. The zero-order valence-corrected chi connectivity index (χ0v) is 16.0. The van der Waals surface area contributed by atoms with Crippen LogP contribution in [-0.4, -0.2) is 26.2 Å². The van der Waals surface area contributed by atoms with Gasteiger partial charge in [-0.15, -0.1) is 0 Å². The molecule has 3 rings (SSSR count). The predicted octanol–water partition coefficient (Wildman–Crippen LogP) is 4.60. The first-order valence-electron chi connectivity index (χ1n) is 9.46. The van der Waals surface area contributed by atoms with E-state index in [9.17, 15) is 4.79 Å². The van der Waals surface area contributed by atoms with Crippen LogP contribution in [0.25, 0.3) is 0 Å². The number of methoxy groups -OCH3 is 2. The Morgan fingerprint density at radius 2 is 1.74 bits per heavy atom. The number of hydrogen-bond acceptors (Lipinski definition) is 4. The molecular formula is C22H27NO4. The molecule has 0 aliphatic heterocycles. The van der Waals surface area contributed by atoms with Crippen LogP contribution in [-0.2, 0) is 11.2 Å². The van der Waals surface area contributed by atoms with Gasteiger partial charge in [-0.2, -0.15) is 0 Å². The van der Waals surface area contributed by atoms with Crippen LogP contribution < -0.4 is 19.5 Å². The summed E-state index contributed by atoms with van der Waals surface area (Å²) in [7, 11) is 3.21. The number of carbonyl (C=O) groups is 1. The number of benzene rings is 2. The Labute approximate surface area is 160 Å². The highest BCUT2D eigenvalue weighted by Crippen LogP contribution is 2.30. The Bertz CT molecular complexity index is 769. The lowest BCUT2D eigenvalue weighted by molar-refractivity contribution is -0.116. The number of hydrogen-bond donors (Lipinski definition) is 1. The summed E-state index contributed by atoms with van der Waals surface area (Å²) in [4.78, 5) is 12.4. The zero-order valence-electron chi connectivity index (χ0n) is 16.0. The normalized spacial score (nSPS) is 14.0. The first-order valence-corrected chi connectivity index (χ1v) is 9.46. The minimum Gasteiger partial charge on any atom is -0.493 e. The number of aryl methyl sites for hydroxylation is 1. The van der Waals surface area contributed by atoms with E-state index in [1.54, 1.807) is 14.2 Å². The molecule has 1 aliphatic carbocycles. The van der Waals surface area contributed by atoms with Gasteiger partial charge in [-0.1, -0.05) is 18.2 Å². The zero-order chi connectivity index (χ0) is 19.1. The average Bonchev–Trinajstić information content (AvgIpc) is 3.20. The summed E-state index contributed by atoms with van der Waals surface area (Å²) in [5.41, 5.74) is 1.76. The molecule has 2 aromatic rings. The number of anilines is 1. The van der Waals surface area contributed by atoms with Crippen molar-refractivity contribution in [2.45, 2.75) is 44.6 Å². The number of nitrogens with one attached hydrogen (secondary N) is 1. The maximum atomic E-state index is 12.4. The maximum Gasteiger partial charge on any atom is 0.224 e. The highest BCUT2D eigenvalue weighted by atomic mass is 16.5. The van der Waals surface area contributed by atoms with Crippen LogP contribution >= 0.6 is 0 Å². The Hall–Kier alpha value is -2.69. The molecule has 5 nitrogen and oxygen atoms in total. The Morgan fingerprint density at radius 1 is 1.00 bits per heavy atom. The summed E-state index contributed by atoms with van der Waals surface area (Å²) in [6.07, 6.45) is 5.86. The van der Waals surface area contributed by atoms with Gasteiger partial charge >= 0.3 is 0 Å². The number of rotatable bonds is 8. The van der Waals surface area contributed by atoms with Crippen molar-refractivity contribution in [2.24, 2.45) is 0 Å². The van der Waals surface area contributed by atoms with Gasteiger partial charge in [-0.05, 0) is 61.9 Å². The highest BCUT2D eigenvalue weighted by molar-refractivity contribution is 5.92. The monoisotopic (exact) mass is 369 g/mol. The van der Waals surface area contributed by atoms with E-state index < -0.39 is 0 Å². The number of para-hydroxylation sites is 2. The molecule has 1 amide bonds. The van der Waals surface area contributed by atoms with Crippen LogP contribution in [0, 0.1) is 0 Å². The Balaban J connectivity index is 1.58. The predicted molar refractivity (Wildman–Crippen MR) is 106 cm³/mol. The van der Waals surface area contributed by atoms with Crippen molar-refractivity contribution in [1.29, 1.82) is 0 Å². The van der Waals surface area contributed by atoms with Crippen molar-refractivity contribution in [2.75, 3.05) is 19.5 Å². The fourth-order valence-corrected chi connectivity index (χ4v) is 3.37. The van der Waals surface area contributed by atoms with Gasteiger partial charge in [-0.25, -0.2) is 0 Å². The van der Waals surface area contributed by atoms with Crippen LogP contribution in [0.2, 0.25) is 0 Å². The van der Waals surface area contributed by atoms with E-state index >= 15 is 0 Å². The molecule has 1 saturated carbocycles. The first kappa shape index (κ1) is 19.1. The maximum absolute atomic E-state index is 12.4. The van der Waals surface area contributed by atoms with Gasteiger partial charge in [0.2, 0.25) is 5.91 Å². The van der Waals surface area contributed by atoms with Gasteiger partial charge < -0.3 is 19.5 Å². The summed E-state index contributed by atoms with van der Waals surface area (Å²) in [5.74, 6) is 2.07. The van der Waals surface area contributed by atoms with E-state index in [0.717, 1.165) is 29.8 Å². The topological polar surface area (TPSA) is 56.8 Å². The van der Waals surface area contributed by atoms with Crippen molar-refractivity contribution in [3.8, 4) is 17.2 Å². The van der Waals surface area contributed by atoms with Gasteiger partial charge in [0.1, 0.15) is 5.75 Å². The molecule has 1 N–H and O–H groups in total. The molecule has 5 heteroatoms. The van der Waals surface area contributed by atoms with E-state index in [4.69, 9.17) is 14.2 Å². The van der Waals surface area contributed by atoms with Crippen molar-refractivity contribution in [3.05, 3.63) is 48.0 Å². The molecule has 0 aromatic heterocycles. The molecule has 27 heavy (non-hydrogen) atoms. The second-order valence-electron chi connectivity index (χ2n) is 6.76. The number of carbonyl (C=O) groups excluding carboxylic acids is 1. The standard InChI is InChI=1S/C22H27NO4/c1-25-20-13-11-16(15-21(20)26-2)12-14-22(24)23-18-9-5-6-10-19(18)27-17-7-3-4-8-17/h5-6,9-11,13,15,17H,3-4,7-8,12,14H2,1-2H3,(H,23,24). The Kier molecular flexibility index (Phi) is 6.58. The lowest BCUT2D eigenvalue weighted by Gasteiger charge is -2.17. The molecule has 2 aromatic carbocycles. The van der Waals surface area contributed by atoms with E-state index in [1.165, 1.54) is 12.8 Å². The first-order chi connectivity index (χ1) is 13.2. The van der Waals surface area contributed by atoms with Crippen LogP contribution in [0.4, 0.5) is 5.69 Å². The fourth-order valence-electron chi connectivity index (χ4n) is 3.37. The molecule has 0 spiro atoms. The van der Waals surface area contributed by atoms with Crippen LogP contribution in [0.15, 0.2) is 42.5 Å². The highest BCUT2D eigenvalue weighted by Gasteiger charge is 2.18. The molecule has 0 bridgehead atoms. The minimum atomic E-state index is -0.0349. The molecular weight excluding hydrogens is 342 g/mol. The van der Waals surface area contributed by atoms with E-state index in [0.29, 0.717) is 24.3 Å². The van der Waals surface area contributed by atoms with Crippen LogP contribution in [0.3, 0.4) is 0 Å². The molecule has 1 fully saturated rings. The van der Waals surface area contributed by atoms with E-state index in [1.807, 2.05) is 42.5 Å². The van der Waals surface area contributed by atoms with Crippen LogP contribution in [0.1, 0.15) is 37.7 Å². The molecule has 0 saturated heterocycles. The lowest BCUT2D eigenvalue weighted by atomic mass is 10.1. The van der Waals surface area contributed by atoms with Gasteiger partial charge in [-0.3, -0.25) is 4.79 Å². The molecule has 144 valence electrons. The molecule has 0 heterocycles. The molecule has 0 radical (unpaired) electrons. The average molecular weight is 369 g/mol. The van der Waals surface area contributed by atoms with E-state index in [2.05, 4.69) is 5.32 Å². The van der Waals surface area contributed by atoms with Gasteiger partial charge in [0.15, 0.2) is 11.5 Å². The van der Waals surface area contributed by atoms with Crippen molar-refractivity contribution in [1.82, 2.24) is 0 Å². The van der Waals surface area contributed by atoms with Gasteiger partial charge in [0, 0.05) is 6.42 Å². The smallest absolute Gasteiger partial charge is 0.224 e. The number of ether oxygens (including phenoxy) is 3. The minimum absolute atomic E-state index is 0.0349.